The van der Waals surface area contributed by atoms with Crippen molar-refractivity contribution in [2.75, 3.05) is 31.6 Å². The molecule has 0 spiro atoms. The second-order valence-electron chi connectivity index (χ2n) is 9.06. The molecule has 2 fully saturated rings. The molecule has 1 atom stereocenters. The van der Waals surface area contributed by atoms with Gasteiger partial charge in [-0.2, -0.15) is 10.4 Å². The zero-order valence-electron chi connectivity index (χ0n) is 19.4. The van der Waals surface area contributed by atoms with Gasteiger partial charge in [0.05, 0.1) is 31.7 Å². The van der Waals surface area contributed by atoms with Crippen LogP contribution in [0.3, 0.4) is 0 Å². The molecule has 3 aromatic heterocycles. The van der Waals surface area contributed by atoms with Gasteiger partial charge >= 0.3 is 0 Å². The Labute approximate surface area is 199 Å². The van der Waals surface area contributed by atoms with E-state index < -0.39 is 0 Å². The number of pyridine rings is 1. The summed E-state index contributed by atoms with van der Waals surface area (Å²) in [5.41, 5.74) is 2.21. The number of anilines is 1. The van der Waals surface area contributed by atoms with E-state index in [1.807, 2.05) is 12.1 Å². The van der Waals surface area contributed by atoms with Gasteiger partial charge in [0.1, 0.15) is 23.2 Å². The van der Waals surface area contributed by atoms with Crippen LogP contribution in [0.4, 0.5) is 5.82 Å². The average Bonchev–Trinajstić information content (AvgIpc) is 3.31. The van der Waals surface area contributed by atoms with Gasteiger partial charge in [0.25, 0.3) is 0 Å². The van der Waals surface area contributed by atoms with E-state index >= 15 is 0 Å². The predicted molar refractivity (Wildman–Crippen MR) is 126 cm³/mol. The first-order valence-corrected chi connectivity index (χ1v) is 11.9. The van der Waals surface area contributed by atoms with Crippen molar-refractivity contribution >= 4 is 5.82 Å². The number of aromatic nitrogens is 6. The minimum atomic E-state index is 0.277. The van der Waals surface area contributed by atoms with Crippen molar-refractivity contribution in [3.8, 4) is 23.1 Å². The van der Waals surface area contributed by atoms with E-state index in [2.05, 4.69) is 41.8 Å². The second-order valence-corrected chi connectivity index (χ2v) is 9.06. The van der Waals surface area contributed by atoms with E-state index in [1.54, 1.807) is 24.1 Å². The fourth-order valence-corrected chi connectivity index (χ4v) is 4.49. The van der Waals surface area contributed by atoms with Gasteiger partial charge in [0, 0.05) is 24.7 Å². The molecule has 0 amide bonds. The third kappa shape index (κ3) is 4.99. The summed E-state index contributed by atoms with van der Waals surface area (Å²) in [6.45, 7) is 3.57. The molecule has 1 aliphatic carbocycles. The van der Waals surface area contributed by atoms with Crippen molar-refractivity contribution in [3.05, 3.63) is 42.0 Å². The molecule has 10 nitrogen and oxygen atoms in total. The van der Waals surface area contributed by atoms with Gasteiger partial charge in [-0.05, 0) is 56.3 Å². The first kappa shape index (κ1) is 22.2. The highest BCUT2D eigenvalue weighted by Crippen LogP contribution is 2.26. The van der Waals surface area contributed by atoms with Crippen molar-refractivity contribution in [2.24, 2.45) is 5.92 Å². The Morgan fingerprint density at radius 3 is 2.82 bits per heavy atom. The SMILES string of the molecule is COc1cnc(C#N)c(-c2cn(Cc3ccc(N4CCC[C@@H](NCC5CCC5)C4)nn3)nn2)c1. The zero-order valence-corrected chi connectivity index (χ0v) is 19.4. The molecule has 1 saturated heterocycles. The van der Waals surface area contributed by atoms with Gasteiger partial charge in [-0.1, -0.05) is 11.6 Å². The highest BCUT2D eigenvalue weighted by molar-refractivity contribution is 5.65. The molecule has 0 radical (unpaired) electrons. The molecular formula is C24H29N9O. The fourth-order valence-electron chi connectivity index (χ4n) is 4.49. The van der Waals surface area contributed by atoms with Crippen LogP contribution >= 0.6 is 0 Å². The van der Waals surface area contributed by atoms with E-state index in [9.17, 15) is 5.26 Å². The Bertz CT molecular complexity index is 1150. The van der Waals surface area contributed by atoms with E-state index in [4.69, 9.17) is 4.74 Å². The Morgan fingerprint density at radius 2 is 2.09 bits per heavy atom. The quantitative estimate of drug-likeness (QED) is 0.542. The van der Waals surface area contributed by atoms with Crippen LogP contribution in [0.1, 0.15) is 43.5 Å². The van der Waals surface area contributed by atoms with E-state index in [-0.39, 0.29) is 5.69 Å². The summed E-state index contributed by atoms with van der Waals surface area (Å²) in [5, 5.41) is 30.4. The number of nitrogens with one attached hydrogen (secondary N) is 1. The number of piperidine rings is 1. The van der Waals surface area contributed by atoms with Gasteiger partial charge in [-0.15, -0.1) is 10.2 Å². The van der Waals surface area contributed by atoms with Crippen LogP contribution in [0.5, 0.6) is 5.75 Å². The summed E-state index contributed by atoms with van der Waals surface area (Å²) in [5.74, 6) is 2.35. The predicted octanol–water partition coefficient (Wildman–Crippen LogP) is 2.42. The van der Waals surface area contributed by atoms with Crippen LogP contribution in [0.25, 0.3) is 11.3 Å². The maximum Gasteiger partial charge on any atom is 0.151 e. The second kappa shape index (κ2) is 10.1. The summed E-state index contributed by atoms with van der Waals surface area (Å²) in [6, 6.07) is 8.37. The Morgan fingerprint density at radius 1 is 1.18 bits per heavy atom. The molecule has 0 aromatic carbocycles. The van der Waals surface area contributed by atoms with E-state index in [0.717, 1.165) is 43.5 Å². The third-order valence-electron chi connectivity index (χ3n) is 6.71. The first-order chi connectivity index (χ1) is 16.7. The lowest BCUT2D eigenvalue weighted by atomic mass is 9.85. The lowest BCUT2D eigenvalue weighted by molar-refractivity contribution is 0.280. The third-order valence-corrected chi connectivity index (χ3v) is 6.71. The van der Waals surface area contributed by atoms with Crippen molar-refractivity contribution in [1.82, 2.24) is 35.5 Å². The maximum atomic E-state index is 9.37. The summed E-state index contributed by atoms with van der Waals surface area (Å²) in [7, 11) is 1.56. The van der Waals surface area contributed by atoms with Gasteiger partial charge in [-0.3, -0.25) is 0 Å². The van der Waals surface area contributed by atoms with Crippen LogP contribution in [0.2, 0.25) is 0 Å². The van der Waals surface area contributed by atoms with E-state index in [0.29, 0.717) is 29.6 Å². The molecule has 1 saturated carbocycles. The summed E-state index contributed by atoms with van der Waals surface area (Å²) >= 11 is 0. The van der Waals surface area contributed by atoms with Crippen LogP contribution in [-0.4, -0.2) is 63.0 Å². The number of methoxy groups -OCH3 is 1. The summed E-state index contributed by atoms with van der Waals surface area (Å²) in [4.78, 5) is 6.45. The highest BCUT2D eigenvalue weighted by Gasteiger charge is 2.23. The molecule has 0 bridgehead atoms. The largest absolute Gasteiger partial charge is 0.495 e. The molecule has 0 unspecified atom stereocenters. The minimum absolute atomic E-state index is 0.277. The van der Waals surface area contributed by atoms with Gasteiger partial charge in [-0.25, -0.2) is 9.67 Å². The molecule has 5 rings (SSSR count). The monoisotopic (exact) mass is 459 g/mol. The Hall–Kier alpha value is -3.58. The number of hydrogen-bond acceptors (Lipinski definition) is 9. The molecule has 1 N–H and O–H groups in total. The molecule has 4 heterocycles. The summed E-state index contributed by atoms with van der Waals surface area (Å²) < 4.78 is 6.91. The maximum absolute atomic E-state index is 9.37. The van der Waals surface area contributed by atoms with Crippen LogP contribution in [0, 0.1) is 17.2 Å². The highest BCUT2D eigenvalue weighted by atomic mass is 16.5. The molecule has 3 aromatic rings. The molecule has 1 aliphatic heterocycles. The van der Waals surface area contributed by atoms with Gasteiger partial charge in [0.2, 0.25) is 0 Å². The summed E-state index contributed by atoms with van der Waals surface area (Å²) in [6.07, 6.45) is 9.81. The number of nitrogens with zero attached hydrogens (tertiary/aromatic N) is 8. The molecule has 34 heavy (non-hydrogen) atoms. The van der Waals surface area contributed by atoms with Crippen molar-refractivity contribution < 1.29 is 4.74 Å². The Kier molecular flexibility index (Phi) is 6.62. The first-order valence-electron chi connectivity index (χ1n) is 11.9. The van der Waals surface area contributed by atoms with E-state index in [1.165, 1.54) is 31.9 Å². The number of hydrogen-bond donors (Lipinski definition) is 1. The molecule has 176 valence electrons. The standard InChI is InChI=1S/C24H29N9O/c1-34-20-10-21(22(11-25)27-13-20)23-16-33(31-29-23)15-19-7-8-24(30-28-19)32-9-3-6-18(14-32)26-12-17-4-2-5-17/h7-8,10,13,16-18,26H,2-6,9,12,14-15H2,1H3/t18-/m1/s1. The number of ether oxygens (including phenoxy) is 1. The lowest BCUT2D eigenvalue weighted by Crippen LogP contribution is -2.47. The zero-order chi connectivity index (χ0) is 23.3. The van der Waals surface area contributed by atoms with Crippen LogP contribution in [0.15, 0.2) is 30.6 Å². The number of nitriles is 1. The van der Waals surface area contributed by atoms with Gasteiger partial charge in [0.15, 0.2) is 5.82 Å². The molecule has 2 aliphatic rings. The van der Waals surface area contributed by atoms with Gasteiger partial charge < -0.3 is 15.0 Å². The lowest BCUT2D eigenvalue weighted by Gasteiger charge is -2.35. The molecule has 10 heteroatoms. The fraction of sp³-hybridized carbons (Fsp3) is 0.500. The van der Waals surface area contributed by atoms with Crippen molar-refractivity contribution in [1.29, 1.82) is 5.26 Å². The van der Waals surface area contributed by atoms with Crippen molar-refractivity contribution in [3.63, 3.8) is 0 Å². The molecular weight excluding hydrogens is 430 g/mol. The van der Waals surface area contributed by atoms with Crippen LogP contribution < -0.4 is 15.0 Å². The smallest absolute Gasteiger partial charge is 0.151 e. The Balaban J connectivity index is 1.21. The average molecular weight is 460 g/mol. The normalized spacial score (nSPS) is 18.4. The topological polar surface area (TPSA) is 118 Å². The minimum Gasteiger partial charge on any atom is -0.495 e. The van der Waals surface area contributed by atoms with Crippen molar-refractivity contribution in [2.45, 2.75) is 44.7 Å². The van der Waals surface area contributed by atoms with Crippen LogP contribution in [-0.2, 0) is 6.54 Å². The number of rotatable bonds is 8.